The lowest BCUT2D eigenvalue weighted by Crippen LogP contribution is -2.37. The van der Waals surface area contributed by atoms with Crippen LogP contribution in [0.2, 0.25) is 0 Å². The van der Waals surface area contributed by atoms with Gasteiger partial charge in [-0.25, -0.2) is 4.98 Å². The second-order valence-electron chi connectivity index (χ2n) is 4.21. The summed E-state index contributed by atoms with van der Waals surface area (Å²) >= 11 is 0. The molecule has 2 unspecified atom stereocenters. The molecule has 86 valence electrons. The highest BCUT2D eigenvalue weighted by Crippen LogP contribution is 2.12. The molecule has 1 heterocycles. The first-order valence-electron chi connectivity index (χ1n) is 5.88. The van der Waals surface area contributed by atoms with E-state index in [1.165, 1.54) is 12.2 Å². The number of aryl methyl sites for hydroxylation is 1. The summed E-state index contributed by atoms with van der Waals surface area (Å²) < 4.78 is 2.10. The highest BCUT2D eigenvalue weighted by molar-refractivity contribution is 4.95. The minimum absolute atomic E-state index is 0.543. The van der Waals surface area contributed by atoms with Gasteiger partial charge in [0.05, 0.1) is 0 Å². The summed E-state index contributed by atoms with van der Waals surface area (Å²) in [6.45, 7) is 7.73. The van der Waals surface area contributed by atoms with Crippen LogP contribution in [0.3, 0.4) is 0 Å². The summed E-state index contributed by atoms with van der Waals surface area (Å²) in [5, 5.41) is 3.55. The minimum Gasteiger partial charge on any atom is -0.338 e. The molecule has 15 heavy (non-hydrogen) atoms. The molecule has 0 aromatic carbocycles. The van der Waals surface area contributed by atoms with Crippen molar-refractivity contribution in [2.45, 2.75) is 39.7 Å². The fourth-order valence-electron chi connectivity index (χ4n) is 1.81. The number of aromatic nitrogens is 2. The lowest BCUT2D eigenvalue weighted by atomic mass is 9.96. The van der Waals surface area contributed by atoms with E-state index in [4.69, 9.17) is 0 Å². The molecule has 1 aromatic rings. The maximum absolute atomic E-state index is 4.38. The van der Waals surface area contributed by atoms with E-state index < -0.39 is 0 Å². The van der Waals surface area contributed by atoms with Crippen molar-refractivity contribution in [3.8, 4) is 0 Å². The summed E-state index contributed by atoms with van der Waals surface area (Å²) in [5.41, 5.74) is 0. The lowest BCUT2D eigenvalue weighted by molar-refractivity contribution is 0.363. The molecule has 0 saturated carbocycles. The number of nitrogens with one attached hydrogen (secondary N) is 1. The largest absolute Gasteiger partial charge is 0.338 e. The molecule has 2 atom stereocenters. The number of rotatable bonds is 6. The van der Waals surface area contributed by atoms with Crippen molar-refractivity contribution >= 4 is 0 Å². The zero-order valence-electron chi connectivity index (χ0n) is 10.3. The van der Waals surface area contributed by atoms with E-state index in [1.54, 1.807) is 0 Å². The molecule has 0 aliphatic carbocycles. The van der Waals surface area contributed by atoms with E-state index >= 15 is 0 Å². The lowest BCUT2D eigenvalue weighted by Gasteiger charge is -2.23. The van der Waals surface area contributed by atoms with E-state index in [-0.39, 0.29) is 0 Å². The van der Waals surface area contributed by atoms with Crippen LogP contribution in [0.1, 0.15) is 33.0 Å². The molecule has 0 amide bonds. The van der Waals surface area contributed by atoms with Crippen molar-refractivity contribution in [2.75, 3.05) is 6.54 Å². The van der Waals surface area contributed by atoms with Gasteiger partial charge in [-0.15, -0.1) is 0 Å². The third kappa shape index (κ3) is 3.34. The van der Waals surface area contributed by atoms with Crippen LogP contribution in [0.4, 0.5) is 0 Å². The molecule has 3 nitrogen and oxygen atoms in total. The number of imidazole rings is 1. The molecule has 0 saturated heterocycles. The quantitative estimate of drug-likeness (QED) is 0.776. The molecule has 1 rings (SSSR count). The Morgan fingerprint density at radius 3 is 2.67 bits per heavy atom. The molecular weight excluding hydrogens is 186 g/mol. The molecule has 3 heteroatoms. The van der Waals surface area contributed by atoms with E-state index in [1.807, 2.05) is 12.4 Å². The third-order valence-corrected chi connectivity index (χ3v) is 3.12. The van der Waals surface area contributed by atoms with Crippen molar-refractivity contribution in [3.05, 3.63) is 18.2 Å². The Labute approximate surface area is 92.9 Å². The smallest absolute Gasteiger partial charge is 0.109 e. The van der Waals surface area contributed by atoms with Gasteiger partial charge < -0.3 is 9.88 Å². The molecule has 0 aliphatic rings. The molecule has 0 spiro atoms. The van der Waals surface area contributed by atoms with Gasteiger partial charge in [0, 0.05) is 31.9 Å². The van der Waals surface area contributed by atoms with Gasteiger partial charge in [-0.05, 0) is 12.5 Å². The molecular formula is C12H23N3. The number of hydrogen-bond donors (Lipinski definition) is 1. The number of nitrogens with zero attached hydrogens (tertiary/aromatic N) is 2. The van der Waals surface area contributed by atoms with Crippen LogP contribution in [-0.2, 0) is 13.5 Å². The molecule has 0 aliphatic heterocycles. The van der Waals surface area contributed by atoms with Crippen LogP contribution >= 0.6 is 0 Å². The van der Waals surface area contributed by atoms with Crippen molar-refractivity contribution in [1.82, 2.24) is 14.9 Å². The predicted octanol–water partition coefficient (Wildman–Crippen LogP) is 1.99. The first kappa shape index (κ1) is 12.2. The predicted molar refractivity (Wildman–Crippen MR) is 63.8 cm³/mol. The second kappa shape index (κ2) is 5.91. The van der Waals surface area contributed by atoms with Crippen LogP contribution in [0, 0.1) is 5.92 Å². The van der Waals surface area contributed by atoms with Gasteiger partial charge in [0.1, 0.15) is 5.82 Å². The van der Waals surface area contributed by atoms with Crippen molar-refractivity contribution < 1.29 is 0 Å². The summed E-state index contributed by atoms with van der Waals surface area (Å²) in [5.74, 6) is 1.86. The third-order valence-electron chi connectivity index (χ3n) is 3.12. The SMILES string of the molecule is CCNC(Cc1nccn1C)C(C)CC. The molecule has 0 radical (unpaired) electrons. The van der Waals surface area contributed by atoms with Gasteiger partial charge in [-0.3, -0.25) is 0 Å². The van der Waals surface area contributed by atoms with Gasteiger partial charge in [-0.2, -0.15) is 0 Å². The standard InChI is InChI=1S/C12H23N3/c1-5-10(3)11(13-6-2)9-12-14-7-8-15(12)4/h7-8,10-11,13H,5-6,9H2,1-4H3. The fourth-order valence-corrected chi connectivity index (χ4v) is 1.81. The zero-order valence-corrected chi connectivity index (χ0v) is 10.3. The first-order valence-corrected chi connectivity index (χ1v) is 5.88. The fraction of sp³-hybridized carbons (Fsp3) is 0.750. The van der Waals surface area contributed by atoms with Crippen LogP contribution in [0.15, 0.2) is 12.4 Å². The summed E-state index contributed by atoms with van der Waals surface area (Å²) in [6.07, 6.45) is 6.11. The average molecular weight is 209 g/mol. The Bertz CT molecular complexity index is 280. The maximum Gasteiger partial charge on any atom is 0.109 e. The van der Waals surface area contributed by atoms with E-state index in [0.29, 0.717) is 12.0 Å². The summed E-state index contributed by atoms with van der Waals surface area (Å²) in [7, 11) is 2.06. The van der Waals surface area contributed by atoms with Gasteiger partial charge in [-0.1, -0.05) is 27.2 Å². The van der Waals surface area contributed by atoms with Crippen LogP contribution < -0.4 is 5.32 Å². The van der Waals surface area contributed by atoms with Gasteiger partial charge in [0.15, 0.2) is 0 Å². The van der Waals surface area contributed by atoms with Crippen LogP contribution in [0.25, 0.3) is 0 Å². The van der Waals surface area contributed by atoms with Gasteiger partial charge in [0.2, 0.25) is 0 Å². The summed E-state index contributed by atoms with van der Waals surface area (Å²) in [4.78, 5) is 4.38. The first-order chi connectivity index (χ1) is 7.19. The Kier molecular flexibility index (Phi) is 4.82. The van der Waals surface area contributed by atoms with E-state index in [9.17, 15) is 0 Å². The van der Waals surface area contributed by atoms with Gasteiger partial charge >= 0.3 is 0 Å². The zero-order chi connectivity index (χ0) is 11.3. The number of hydrogen-bond acceptors (Lipinski definition) is 2. The summed E-state index contributed by atoms with van der Waals surface area (Å²) in [6, 6.07) is 0.543. The van der Waals surface area contributed by atoms with E-state index in [0.717, 1.165) is 13.0 Å². The highest BCUT2D eigenvalue weighted by Gasteiger charge is 2.16. The Morgan fingerprint density at radius 1 is 1.47 bits per heavy atom. The van der Waals surface area contributed by atoms with Crippen molar-refractivity contribution in [3.63, 3.8) is 0 Å². The van der Waals surface area contributed by atoms with Crippen molar-refractivity contribution in [1.29, 1.82) is 0 Å². The van der Waals surface area contributed by atoms with Crippen LogP contribution in [-0.4, -0.2) is 22.1 Å². The number of likely N-dealkylation sites (N-methyl/N-ethyl adjacent to an activating group) is 1. The minimum atomic E-state index is 0.543. The molecule has 1 N–H and O–H groups in total. The highest BCUT2D eigenvalue weighted by atomic mass is 15.0. The Morgan fingerprint density at radius 2 is 2.20 bits per heavy atom. The van der Waals surface area contributed by atoms with Gasteiger partial charge in [0.25, 0.3) is 0 Å². The molecule has 1 aromatic heterocycles. The normalized spacial score (nSPS) is 15.2. The molecule has 0 bridgehead atoms. The van der Waals surface area contributed by atoms with Crippen molar-refractivity contribution in [2.24, 2.45) is 13.0 Å². The Balaban J connectivity index is 2.62. The Hall–Kier alpha value is -0.830. The topological polar surface area (TPSA) is 29.9 Å². The maximum atomic E-state index is 4.38. The second-order valence-corrected chi connectivity index (χ2v) is 4.21. The van der Waals surface area contributed by atoms with E-state index in [2.05, 4.69) is 42.7 Å². The average Bonchev–Trinajstić information content (AvgIpc) is 2.63. The van der Waals surface area contributed by atoms with Crippen LogP contribution in [0.5, 0.6) is 0 Å². The monoisotopic (exact) mass is 209 g/mol. The molecule has 0 fully saturated rings.